The van der Waals surface area contributed by atoms with Crippen LogP contribution in [0.1, 0.15) is 38.9 Å². The maximum absolute atomic E-state index is 12.4. The summed E-state index contributed by atoms with van der Waals surface area (Å²) in [6.45, 7) is 5.84. The van der Waals surface area contributed by atoms with Gasteiger partial charge in [-0.2, -0.15) is 0 Å². The Hall–Kier alpha value is -1.45. The van der Waals surface area contributed by atoms with Crippen LogP contribution in [0.2, 0.25) is 0 Å². The number of fused-ring (bicyclic) bond motifs is 2. The van der Waals surface area contributed by atoms with Crippen LogP contribution in [0.4, 0.5) is 0 Å². The molecule has 0 radical (unpaired) electrons. The van der Waals surface area contributed by atoms with Gasteiger partial charge in [-0.15, -0.1) is 0 Å². The predicted molar refractivity (Wildman–Crippen MR) is 76.4 cm³/mol. The highest BCUT2D eigenvalue weighted by atomic mass is 16.6. The normalized spacial score (nSPS) is 37.1. The lowest BCUT2D eigenvalue weighted by Gasteiger charge is -2.41. The molecular weight excluding hydrogens is 252 g/mol. The van der Waals surface area contributed by atoms with Gasteiger partial charge in [-0.3, -0.25) is 4.79 Å². The van der Waals surface area contributed by atoms with Crippen LogP contribution < -0.4 is 0 Å². The van der Waals surface area contributed by atoms with Crippen LogP contribution in [0.15, 0.2) is 42.5 Å². The number of carbonyl (C=O) groups is 1. The maximum atomic E-state index is 12.4. The van der Waals surface area contributed by atoms with E-state index >= 15 is 0 Å². The number of carbonyl (C=O) groups excluding carboxylic acids is 1. The molecule has 2 bridgehead atoms. The molecule has 4 atom stereocenters. The number of hydrogen-bond acceptors (Lipinski definition) is 3. The van der Waals surface area contributed by atoms with Crippen LogP contribution in [0.25, 0.3) is 0 Å². The standard InChI is InChI=1S/C17H20O3/c1-12(13-7-5-4-6-8-13)19-15-14(18)11-16(2)9-10-17(15,3)20-16/h4-10,12,15H,11H2,1-3H3/t12-,15-,16+,17-/m1/s1. The van der Waals surface area contributed by atoms with Gasteiger partial charge < -0.3 is 9.47 Å². The Balaban J connectivity index is 1.81. The van der Waals surface area contributed by atoms with Gasteiger partial charge in [0.15, 0.2) is 5.78 Å². The molecular formula is C17H20O3. The van der Waals surface area contributed by atoms with Crippen LogP contribution in [0, 0.1) is 0 Å². The molecule has 0 spiro atoms. The molecule has 1 saturated heterocycles. The molecule has 0 amide bonds. The molecule has 0 unspecified atom stereocenters. The molecule has 1 fully saturated rings. The molecule has 2 aliphatic rings. The Bertz CT molecular complexity index is 551. The van der Waals surface area contributed by atoms with Crippen LogP contribution in [0.3, 0.4) is 0 Å². The topological polar surface area (TPSA) is 35.5 Å². The zero-order valence-corrected chi connectivity index (χ0v) is 12.1. The monoisotopic (exact) mass is 272 g/mol. The van der Waals surface area contributed by atoms with E-state index in [9.17, 15) is 4.79 Å². The molecule has 2 aliphatic heterocycles. The van der Waals surface area contributed by atoms with E-state index in [1.807, 2.05) is 63.3 Å². The summed E-state index contributed by atoms with van der Waals surface area (Å²) in [5.74, 6) is 0.119. The molecule has 1 aromatic carbocycles. The summed E-state index contributed by atoms with van der Waals surface area (Å²) in [7, 11) is 0. The fourth-order valence-electron chi connectivity index (χ4n) is 3.12. The van der Waals surface area contributed by atoms with Gasteiger partial charge in [0.25, 0.3) is 0 Å². The van der Waals surface area contributed by atoms with E-state index in [0.717, 1.165) is 5.56 Å². The average molecular weight is 272 g/mol. The van der Waals surface area contributed by atoms with E-state index in [4.69, 9.17) is 9.47 Å². The summed E-state index contributed by atoms with van der Waals surface area (Å²) in [6, 6.07) is 9.94. The third-order valence-corrected chi connectivity index (χ3v) is 4.17. The number of hydrogen-bond donors (Lipinski definition) is 0. The molecule has 0 N–H and O–H groups in total. The summed E-state index contributed by atoms with van der Waals surface area (Å²) in [6.07, 6.45) is 3.67. The van der Waals surface area contributed by atoms with Gasteiger partial charge in [0.05, 0.1) is 11.7 Å². The first-order chi connectivity index (χ1) is 9.42. The first kappa shape index (κ1) is 13.5. The minimum Gasteiger partial charge on any atom is -0.359 e. The molecule has 0 aromatic heterocycles. The Kier molecular flexibility index (Phi) is 3.07. The number of Topliss-reactive ketones (excluding diaryl/α,β-unsaturated/α-hetero) is 1. The highest BCUT2D eigenvalue weighted by Crippen LogP contribution is 2.43. The van der Waals surface area contributed by atoms with E-state index in [0.29, 0.717) is 6.42 Å². The highest BCUT2D eigenvalue weighted by Gasteiger charge is 2.54. The molecule has 3 nitrogen and oxygen atoms in total. The van der Waals surface area contributed by atoms with Gasteiger partial charge in [0.2, 0.25) is 0 Å². The molecule has 0 aliphatic carbocycles. The third-order valence-electron chi connectivity index (χ3n) is 4.17. The zero-order valence-electron chi connectivity index (χ0n) is 12.1. The van der Waals surface area contributed by atoms with Crippen molar-refractivity contribution in [3.8, 4) is 0 Å². The fraction of sp³-hybridized carbons (Fsp3) is 0.471. The number of ether oxygens (including phenoxy) is 2. The Labute approximate surface area is 119 Å². The minimum atomic E-state index is -0.646. The van der Waals surface area contributed by atoms with Crippen LogP contribution in [0.5, 0.6) is 0 Å². The lowest BCUT2D eigenvalue weighted by molar-refractivity contribution is -0.196. The summed E-state index contributed by atoms with van der Waals surface area (Å²) >= 11 is 0. The first-order valence-corrected chi connectivity index (χ1v) is 7.06. The fourth-order valence-corrected chi connectivity index (χ4v) is 3.12. The van der Waals surface area contributed by atoms with E-state index in [2.05, 4.69) is 0 Å². The summed E-state index contributed by atoms with van der Waals surface area (Å²) in [5, 5.41) is 0. The van der Waals surface area contributed by atoms with Gasteiger partial charge in [0.1, 0.15) is 11.7 Å². The quantitative estimate of drug-likeness (QED) is 0.793. The largest absolute Gasteiger partial charge is 0.359 e. The van der Waals surface area contributed by atoms with Gasteiger partial charge >= 0.3 is 0 Å². The van der Waals surface area contributed by atoms with Crippen molar-refractivity contribution in [2.24, 2.45) is 0 Å². The second kappa shape index (κ2) is 4.54. The average Bonchev–Trinajstić information content (AvgIpc) is 2.68. The zero-order chi connectivity index (χ0) is 14.4. The smallest absolute Gasteiger partial charge is 0.168 e. The van der Waals surface area contributed by atoms with Crippen molar-refractivity contribution in [3.05, 3.63) is 48.0 Å². The second-order valence-electron chi connectivity index (χ2n) is 6.14. The Morgan fingerprint density at radius 3 is 2.65 bits per heavy atom. The van der Waals surface area contributed by atoms with Crippen molar-refractivity contribution in [1.29, 1.82) is 0 Å². The minimum absolute atomic E-state index is 0.119. The Morgan fingerprint density at radius 2 is 1.95 bits per heavy atom. The van der Waals surface area contributed by atoms with E-state index < -0.39 is 17.3 Å². The number of rotatable bonds is 3. The SMILES string of the molecule is C[C@@H](O[C@@H]1C(=O)C[C@]2(C)C=C[C@@]1(C)O2)c1ccccc1. The lowest BCUT2D eigenvalue weighted by atomic mass is 9.89. The molecule has 3 rings (SSSR count). The summed E-state index contributed by atoms with van der Waals surface area (Å²) < 4.78 is 12.1. The summed E-state index contributed by atoms with van der Waals surface area (Å²) in [4.78, 5) is 12.4. The molecule has 106 valence electrons. The van der Waals surface area contributed by atoms with Gasteiger partial charge in [-0.1, -0.05) is 42.5 Å². The van der Waals surface area contributed by atoms with E-state index in [1.165, 1.54) is 0 Å². The van der Waals surface area contributed by atoms with Gasteiger partial charge in [-0.25, -0.2) is 0 Å². The highest BCUT2D eigenvalue weighted by molar-refractivity contribution is 5.87. The molecule has 2 heterocycles. The second-order valence-corrected chi connectivity index (χ2v) is 6.14. The lowest BCUT2D eigenvalue weighted by Crippen LogP contribution is -2.54. The van der Waals surface area contributed by atoms with Gasteiger partial charge in [-0.05, 0) is 26.3 Å². The molecule has 3 heteroatoms. The number of benzene rings is 1. The van der Waals surface area contributed by atoms with Crippen LogP contribution >= 0.6 is 0 Å². The van der Waals surface area contributed by atoms with Crippen molar-refractivity contribution >= 4 is 5.78 Å². The molecule has 0 saturated carbocycles. The summed E-state index contributed by atoms with van der Waals surface area (Å²) in [5.41, 5.74) is -0.0337. The van der Waals surface area contributed by atoms with Crippen LogP contribution in [-0.2, 0) is 14.3 Å². The van der Waals surface area contributed by atoms with E-state index in [1.54, 1.807) is 0 Å². The Morgan fingerprint density at radius 1 is 1.25 bits per heavy atom. The predicted octanol–water partition coefficient (Wildman–Crippen LogP) is 3.21. The van der Waals surface area contributed by atoms with Gasteiger partial charge in [0, 0.05) is 6.42 Å². The van der Waals surface area contributed by atoms with Crippen molar-refractivity contribution in [2.75, 3.05) is 0 Å². The number of ketones is 1. The van der Waals surface area contributed by atoms with Crippen molar-refractivity contribution in [3.63, 3.8) is 0 Å². The third kappa shape index (κ3) is 2.21. The van der Waals surface area contributed by atoms with Crippen molar-refractivity contribution in [1.82, 2.24) is 0 Å². The molecule has 1 aromatic rings. The van der Waals surface area contributed by atoms with E-state index in [-0.39, 0.29) is 11.9 Å². The maximum Gasteiger partial charge on any atom is 0.168 e. The first-order valence-electron chi connectivity index (χ1n) is 7.06. The van der Waals surface area contributed by atoms with Crippen LogP contribution in [-0.4, -0.2) is 23.1 Å². The van der Waals surface area contributed by atoms with Crippen molar-refractivity contribution in [2.45, 2.75) is 50.6 Å². The van der Waals surface area contributed by atoms with Crippen molar-refractivity contribution < 1.29 is 14.3 Å². The molecule has 20 heavy (non-hydrogen) atoms.